The minimum absolute atomic E-state index is 0.186. The Balaban J connectivity index is 2.32. The Labute approximate surface area is 111 Å². The average molecular weight is 257 g/mol. The Morgan fingerprint density at radius 3 is 2.53 bits per heavy atom. The molecule has 0 atom stereocenters. The molecule has 0 unspecified atom stereocenters. The molecule has 0 aromatic heterocycles. The summed E-state index contributed by atoms with van der Waals surface area (Å²) in [5.41, 5.74) is 1.64. The smallest absolute Gasteiger partial charge is 0.252 e. The van der Waals surface area contributed by atoms with Crippen LogP contribution < -0.4 is 5.32 Å². The fraction of sp³-hybridized carbons (Fsp3) is 0.188. The molecule has 2 nitrogen and oxygen atoms in total. The SMILES string of the molecule is CC(C)=CCNC(=O)c1ccc(F)c2ccccc12. The van der Waals surface area contributed by atoms with E-state index in [2.05, 4.69) is 5.32 Å². The van der Waals surface area contributed by atoms with E-state index in [0.29, 0.717) is 22.9 Å². The van der Waals surface area contributed by atoms with Gasteiger partial charge in [-0.15, -0.1) is 0 Å². The molecular formula is C16H16FNO. The van der Waals surface area contributed by atoms with Gasteiger partial charge in [-0.2, -0.15) is 0 Å². The van der Waals surface area contributed by atoms with Gasteiger partial charge in [-0.25, -0.2) is 4.39 Å². The third-order valence-corrected chi connectivity index (χ3v) is 2.89. The number of halogens is 1. The number of nitrogens with one attached hydrogen (secondary N) is 1. The van der Waals surface area contributed by atoms with Crippen LogP contribution in [0, 0.1) is 5.82 Å². The van der Waals surface area contributed by atoms with Crippen molar-refractivity contribution in [1.82, 2.24) is 5.32 Å². The zero-order valence-electron chi connectivity index (χ0n) is 11.0. The van der Waals surface area contributed by atoms with Crippen molar-refractivity contribution in [2.24, 2.45) is 0 Å². The van der Waals surface area contributed by atoms with Crippen LogP contribution in [0.5, 0.6) is 0 Å². The highest BCUT2D eigenvalue weighted by Crippen LogP contribution is 2.21. The lowest BCUT2D eigenvalue weighted by Crippen LogP contribution is -2.23. The first kappa shape index (κ1) is 13.3. The third-order valence-electron chi connectivity index (χ3n) is 2.89. The molecule has 1 amide bonds. The second-order valence-corrected chi connectivity index (χ2v) is 4.63. The predicted molar refractivity (Wildman–Crippen MR) is 75.7 cm³/mol. The number of allylic oxidation sites excluding steroid dienone is 1. The number of hydrogen-bond donors (Lipinski definition) is 1. The van der Waals surface area contributed by atoms with E-state index in [1.165, 1.54) is 12.1 Å². The van der Waals surface area contributed by atoms with Gasteiger partial charge in [-0.1, -0.05) is 35.9 Å². The first-order valence-electron chi connectivity index (χ1n) is 6.18. The van der Waals surface area contributed by atoms with Gasteiger partial charge in [0, 0.05) is 17.5 Å². The van der Waals surface area contributed by atoms with E-state index in [0.717, 1.165) is 5.57 Å². The number of amides is 1. The van der Waals surface area contributed by atoms with E-state index in [4.69, 9.17) is 0 Å². The Bertz CT molecular complexity index is 642. The van der Waals surface area contributed by atoms with Gasteiger partial charge in [0.2, 0.25) is 0 Å². The summed E-state index contributed by atoms with van der Waals surface area (Å²) in [6.45, 7) is 4.42. The lowest BCUT2D eigenvalue weighted by atomic mass is 10.0. The summed E-state index contributed by atoms with van der Waals surface area (Å²) >= 11 is 0. The summed E-state index contributed by atoms with van der Waals surface area (Å²) in [5, 5.41) is 3.91. The van der Waals surface area contributed by atoms with Crippen molar-refractivity contribution in [3.63, 3.8) is 0 Å². The van der Waals surface area contributed by atoms with E-state index in [1.54, 1.807) is 24.3 Å². The number of fused-ring (bicyclic) bond motifs is 1. The standard InChI is InChI=1S/C16H16FNO/c1-11(2)9-10-18-16(19)14-7-8-15(17)13-6-4-3-5-12(13)14/h3-9H,10H2,1-2H3,(H,18,19). The van der Waals surface area contributed by atoms with Crippen molar-refractivity contribution in [3.05, 3.63) is 59.4 Å². The van der Waals surface area contributed by atoms with Crippen molar-refractivity contribution >= 4 is 16.7 Å². The van der Waals surface area contributed by atoms with E-state index in [1.807, 2.05) is 19.9 Å². The number of carbonyl (C=O) groups excluding carboxylic acids is 1. The van der Waals surface area contributed by atoms with E-state index in [9.17, 15) is 9.18 Å². The highest BCUT2D eigenvalue weighted by molar-refractivity contribution is 6.07. The van der Waals surface area contributed by atoms with Crippen LogP contribution in [0.1, 0.15) is 24.2 Å². The molecular weight excluding hydrogens is 241 g/mol. The normalized spacial score (nSPS) is 10.3. The quantitative estimate of drug-likeness (QED) is 0.835. The number of benzene rings is 2. The molecule has 0 saturated heterocycles. The van der Waals surface area contributed by atoms with Gasteiger partial charge in [0.05, 0.1) is 0 Å². The zero-order chi connectivity index (χ0) is 13.8. The maximum atomic E-state index is 13.6. The molecule has 2 rings (SSSR count). The molecule has 0 aliphatic rings. The summed E-state index contributed by atoms with van der Waals surface area (Å²) < 4.78 is 13.6. The zero-order valence-corrected chi connectivity index (χ0v) is 11.0. The summed E-state index contributed by atoms with van der Waals surface area (Å²) in [6.07, 6.45) is 1.93. The van der Waals surface area contributed by atoms with Crippen LogP contribution in [-0.4, -0.2) is 12.5 Å². The van der Waals surface area contributed by atoms with Crippen LogP contribution in [0.15, 0.2) is 48.0 Å². The maximum absolute atomic E-state index is 13.6. The maximum Gasteiger partial charge on any atom is 0.252 e. The van der Waals surface area contributed by atoms with Gasteiger partial charge in [-0.05, 0) is 31.4 Å². The first-order chi connectivity index (χ1) is 9.09. The van der Waals surface area contributed by atoms with Gasteiger partial charge in [0.15, 0.2) is 0 Å². The highest BCUT2D eigenvalue weighted by atomic mass is 19.1. The molecule has 3 heteroatoms. The van der Waals surface area contributed by atoms with Crippen molar-refractivity contribution in [1.29, 1.82) is 0 Å². The highest BCUT2D eigenvalue weighted by Gasteiger charge is 2.11. The molecule has 2 aromatic carbocycles. The first-order valence-corrected chi connectivity index (χ1v) is 6.18. The fourth-order valence-corrected chi connectivity index (χ4v) is 1.90. The topological polar surface area (TPSA) is 29.1 Å². The predicted octanol–water partition coefficient (Wildman–Crippen LogP) is 3.67. The molecule has 0 radical (unpaired) electrons. The molecule has 0 bridgehead atoms. The third kappa shape index (κ3) is 2.99. The van der Waals surface area contributed by atoms with E-state index < -0.39 is 0 Å². The summed E-state index contributed by atoms with van der Waals surface area (Å²) in [4.78, 5) is 12.1. The molecule has 0 spiro atoms. The molecule has 0 aliphatic heterocycles. The molecule has 1 N–H and O–H groups in total. The molecule has 0 heterocycles. The molecule has 0 saturated carbocycles. The van der Waals surface area contributed by atoms with Crippen molar-refractivity contribution < 1.29 is 9.18 Å². The molecule has 19 heavy (non-hydrogen) atoms. The second kappa shape index (κ2) is 5.65. The van der Waals surface area contributed by atoms with Crippen molar-refractivity contribution in [2.45, 2.75) is 13.8 Å². The molecule has 2 aromatic rings. The van der Waals surface area contributed by atoms with Crippen LogP contribution in [0.25, 0.3) is 10.8 Å². The monoisotopic (exact) mass is 257 g/mol. The average Bonchev–Trinajstić information content (AvgIpc) is 2.39. The summed E-state index contributed by atoms with van der Waals surface area (Å²) in [5.74, 6) is -0.495. The molecule has 98 valence electrons. The molecule has 0 fully saturated rings. The minimum atomic E-state index is -0.309. The van der Waals surface area contributed by atoms with Gasteiger partial charge in [0.1, 0.15) is 5.82 Å². The van der Waals surface area contributed by atoms with Crippen molar-refractivity contribution in [2.75, 3.05) is 6.54 Å². The number of hydrogen-bond acceptors (Lipinski definition) is 1. The van der Waals surface area contributed by atoms with Gasteiger partial charge in [0.25, 0.3) is 5.91 Å². The molecule has 0 aliphatic carbocycles. The van der Waals surface area contributed by atoms with E-state index in [-0.39, 0.29) is 11.7 Å². The lowest BCUT2D eigenvalue weighted by molar-refractivity contribution is 0.0959. The van der Waals surface area contributed by atoms with Crippen LogP contribution in [-0.2, 0) is 0 Å². The largest absolute Gasteiger partial charge is 0.349 e. The van der Waals surface area contributed by atoms with Crippen LogP contribution in [0.2, 0.25) is 0 Å². The van der Waals surface area contributed by atoms with Gasteiger partial charge in [-0.3, -0.25) is 4.79 Å². The Morgan fingerprint density at radius 2 is 1.84 bits per heavy atom. The summed E-state index contributed by atoms with van der Waals surface area (Å²) in [6, 6.07) is 9.85. The van der Waals surface area contributed by atoms with Crippen LogP contribution in [0.3, 0.4) is 0 Å². The summed E-state index contributed by atoms with van der Waals surface area (Å²) in [7, 11) is 0. The fourth-order valence-electron chi connectivity index (χ4n) is 1.90. The Morgan fingerprint density at radius 1 is 1.16 bits per heavy atom. The second-order valence-electron chi connectivity index (χ2n) is 4.63. The Kier molecular flexibility index (Phi) is 3.95. The Hall–Kier alpha value is -2.16. The van der Waals surface area contributed by atoms with Crippen molar-refractivity contribution in [3.8, 4) is 0 Å². The number of rotatable bonds is 3. The lowest BCUT2D eigenvalue weighted by Gasteiger charge is -2.07. The minimum Gasteiger partial charge on any atom is -0.349 e. The van der Waals surface area contributed by atoms with E-state index >= 15 is 0 Å². The number of carbonyl (C=O) groups is 1. The van der Waals surface area contributed by atoms with Crippen LogP contribution in [0.4, 0.5) is 4.39 Å². The van der Waals surface area contributed by atoms with Gasteiger partial charge >= 0.3 is 0 Å². The van der Waals surface area contributed by atoms with Gasteiger partial charge < -0.3 is 5.32 Å². The van der Waals surface area contributed by atoms with Crippen LogP contribution >= 0.6 is 0 Å².